The number of hydrogen-bond acceptors (Lipinski definition) is 1. The first-order chi connectivity index (χ1) is 6.86. The molecule has 3 rings (SSSR count). The van der Waals surface area contributed by atoms with Crippen LogP contribution in [0.2, 0.25) is 0 Å². The molecule has 2 heterocycles. The fourth-order valence-electron chi connectivity index (χ4n) is 2.20. The van der Waals surface area contributed by atoms with E-state index in [0.29, 0.717) is 5.92 Å². The summed E-state index contributed by atoms with van der Waals surface area (Å²) in [6, 6.07) is 6.37. The van der Waals surface area contributed by atoms with E-state index >= 15 is 0 Å². The molecule has 0 saturated heterocycles. The molecule has 1 aliphatic rings. The Morgan fingerprint density at radius 1 is 1.36 bits per heavy atom. The first-order valence-electron chi connectivity index (χ1n) is 5.29. The van der Waals surface area contributed by atoms with Crippen LogP contribution in [0.4, 0.5) is 0 Å². The summed E-state index contributed by atoms with van der Waals surface area (Å²) in [6.45, 7) is 2.15. The molecule has 0 atom stereocenters. The highest BCUT2D eigenvalue weighted by Crippen LogP contribution is 2.35. The van der Waals surface area contributed by atoms with Crippen molar-refractivity contribution in [1.29, 1.82) is 0 Å². The predicted octanol–water partition coefficient (Wildman–Crippen LogP) is 2.91. The minimum Gasteiger partial charge on any atom is -0.301 e. The van der Waals surface area contributed by atoms with Gasteiger partial charge in [-0.3, -0.25) is 0 Å². The summed E-state index contributed by atoms with van der Waals surface area (Å²) >= 11 is 0. The Labute approximate surface area is 83.6 Å². The van der Waals surface area contributed by atoms with Crippen molar-refractivity contribution in [2.75, 3.05) is 0 Å². The summed E-state index contributed by atoms with van der Waals surface area (Å²) in [5.74, 6) is 1.97. The van der Waals surface area contributed by atoms with Gasteiger partial charge in [0.25, 0.3) is 0 Å². The number of fused-ring (bicyclic) bond motifs is 1. The molecule has 0 N–H and O–H groups in total. The predicted molar refractivity (Wildman–Crippen MR) is 56.5 cm³/mol. The molecule has 0 amide bonds. The molecule has 2 heteroatoms. The van der Waals surface area contributed by atoms with Crippen molar-refractivity contribution < 1.29 is 0 Å². The zero-order valence-electron chi connectivity index (χ0n) is 8.40. The van der Waals surface area contributed by atoms with Crippen molar-refractivity contribution in [2.45, 2.75) is 32.1 Å². The third-order valence-corrected chi connectivity index (χ3v) is 3.24. The molecule has 1 aliphatic carbocycles. The molecule has 0 unspecified atom stereocenters. The van der Waals surface area contributed by atoms with Gasteiger partial charge in [0.2, 0.25) is 0 Å². The first kappa shape index (κ1) is 8.04. The molecule has 0 aromatic carbocycles. The molecule has 2 aromatic heterocycles. The van der Waals surface area contributed by atoms with Crippen LogP contribution in [0.25, 0.3) is 5.52 Å². The van der Waals surface area contributed by atoms with E-state index in [1.165, 1.54) is 36.3 Å². The van der Waals surface area contributed by atoms with Crippen molar-refractivity contribution >= 4 is 5.52 Å². The van der Waals surface area contributed by atoms with Gasteiger partial charge in [-0.05, 0) is 31.9 Å². The lowest BCUT2D eigenvalue weighted by Gasteiger charge is -2.24. The highest BCUT2D eigenvalue weighted by molar-refractivity contribution is 5.47. The van der Waals surface area contributed by atoms with E-state index in [2.05, 4.69) is 34.5 Å². The molecule has 1 fully saturated rings. The summed E-state index contributed by atoms with van der Waals surface area (Å²) in [5, 5.41) is 0. The number of imidazole rings is 1. The molecule has 14 heavy (non-hydrogen) atoms. The Morgan fingerprint density at radius 3 is 2.93 bits per heavy atom. The van der Waals surface area contributed by atoms with E-state index in [1.54, 1.807) is 0 Å². The maximum atomic E-state index is 4.54. The second-order valence-electron chi connectivity index (χ2n) is 4.17. The van der Waals surface area contributed by atoms with Crippen molar-refractivity contribution in [3.8, 4) is 0 Å². The lowest BCUT2D eigenvalue weighted by molar-refractivity contribution is 0.399. The molecular weight excluding hydrogens is 172 g/mol. The first-order valence-corrected chi connectivity index (χ1v) is 5.29. The van der Waals surface area contributed by atoms with Gasteiger partial charge in [-0.2, -0.15) is 0 Å². The minimum atomic E-state index is 0.707. The minimum absolute atomic E-state index is 0.707. The number of aromatic nitrogens is 2. The van der Waals surface area contributed by atoms with Crippen LogP contribution >= 0.6 is 0 Å². The molecule has 0 spiro atoms. The van der Waals surface area contributed by atoms with E-state index in [9.17, 15) is 0 Å². The summed E-state index contributed by atoms with van der Waals surface area (Å²) in [5.41, 5.74) is 2.52. The van der Waals surface area contributed by atoms with Crippen LogP contribution in [0.15, 0.2) is 24.4 Å². The van der Waals surface area contributed by atoms with E-state index in [-0.39, 0.29) is 0 Å². The molecule has 0 radical (unpaired) electrons. The van der Waals surface area contributed by atoms with Gasteiger partial charge in [0.1, 0.15) is 5.82 Å². The molecule has 2 nitrogen and oxygen atoms in total. The van der Waals surface area contributed by atoms with E-state index in [1.807, 2.05) is 6.20 Å². The second-order valence-corrected chi connectivity index (χ2v) is 4.17. The molecule has 2 aromatic rings. The normalized spacial score (nSPS) is 17.2. The van der Waals surface area contributed by atoms with Crippen molar-refractivity contribution in [1.82, 2.24) is 9.38 Å². The van der Waals surface area contributed by atoms with E-state index < -0.39 is 0 Å². The summed E-state index contributed by atoms with van der Waals surface area (Å²) in [7, 11) is 0. The Bertz CT molecular complexity index is 466. The van der Waals surface area contributed by atoms with Crippen LogP contribution in [0.5, 0.6) is 0 Å². The van der Waals surface area contributed by atoms with E-state index in [4.69, 9.17) is 0 Å². The molecule has 1 saturated carbocycles. The van der Waals surface area contributed by atoms with Gasteiger partial charge in [0, 0.05) is 11.6 Å². The Balaban J connectivity index is 2.23. The van der Waals surface area contributed by atoms with Crippen LogP contribution in [-0.2, 0) is 0 Å². The largest absolute Gasteiger partial charge is 0.301 e. The average Bonchev–Trinajstić information content (AvgIpc) is 2.47. The van der Waals surface area contributed by atoms with Crippen molar-refractivity contribution in [2.24, 2.45) is 0 Å². The molecule has 72 valence electrons. The fourth-order valence-corrected chi connectivity index (χ4v) is 2.20. The zero-order chi connectivity index (χ0) is 9.54. The Kier molecular flexibility index (Phi) is 1.63. The van der Waals surface area contributed by atoms with Gasteiger partial charge in [-0.1, -0.05) is 12.5 Å². The van der Waals surface area contributed by atoms with Crippen molar-refractivity contribution in [3.05, 3.63) is 35.9 Å². The zero-order valence-corrected chi connectivity index (χ0v) is 8.40. The third kappa shape index (κ3) is 0.999. The SMILES string of the molecule is Cc1cccc2cnc(C3CCC3)n12. The quantitative estimate of drug-likeness (QED) is 0.669. The van der Waals surface area contributed by atoms with Gasteiger partial charge in [0.15, 0.2) is 0 Å². The van der Waals surface area contributed by atoms with Gasteiger partial charge >= 0.3 is 0 Å². The lowest BCUT2D eigenvalue weighted by Crippen LogP contribution is -2.13. The smallest absolute Gasteiger partial charge is 0.116 e. The van der Waals surface area contributed by atoms with Gasteiger partial charge in [0.05, 0.1) is 11.7 Å². The number of aryl methyl sites for hydroxylation is 1. The van der Waals surface area contributed by atoms with Crippen LogP contribution in [0, 0.1) is 6.92 Å². The highest BCUT2D eigenvalue weighted by Gasteiger charge is 2.23. The van der Waals surface area contributed by atoms with Crippen molar-refractivity contribution in [3.63, 3.8) is 0 Å². The maximum Gasteiger partial charge on any atom is 0.116 e. The Morgan fingerprint density at radius 2 is 2.21 bits per heavy atom. The summed E-state index contributed by atoms with van der Waals surface area (Å²) < 4.78 is 2.30. The molecule has 0 bridgehead atoms. The number of nitrogens with zero attached hydrogens (tertiary/aromatic N) is 2. The van der Waals surface area contributed by atoms with Gasteiger partial charge < -0.3 is 4.40 Å². The summed E-state index contributed by atoms with van der Waals surface area (Å²) in [4.78, 5) is 4.54. The third-order valence-electron chi connectivity index (χ3n) is 3.24. The van der Waals surface area contributed by atoms with Crippen LogP contribution < -0.4 is 0 Å². The monoisotopic (exact) mass is 186 g/mol. The number of rotatable bonds is 1. The standard InChI is InChI=1S/C12H14N2/c1-9-4-2-7-11-8-13-12(14(9)11)10-5-3-6-10/h2,4,7-8,10H,3,5-6H2,1H3. The second kappa shape index (κ2) is 2.84. The van der Waals surface area contributed by atoms with E-state index in [0.717, 1.165) is 0 Å². The van der Waals surface area contributed by atoms with Gasteiger partial charge in [-0.25, -0.2) is 4.98 Å². The van der Waals surface area contributed by atoms with Crippen LogP contribution in [0.3, 0.4) is 0 Å². The number of pyridine rings is 1. The molecular formula is C12H14N2. The van der Waals surface area contributed by atoms with Crippen LogP contribution in [-0.4, -0.2) is 9.38 Å². The number of hydrogen-bond donors (Lipinski definition) is 0. The Hall–Kier alpha value is -1.31. The van der Waals surface area contributed by atoms with Crippen LogP contribution in [0.1, 0.15) is 36.7 Å². The maximum absolute atomic E-state index is 4.54. The summed E-state index contributed by atoms with van der Waals surface area (Å²) in [6.07, 6.45) is 5.98. The average molecular weight is 186 g/mol. The molecule has 0 aliphatic heterocycles. The van der Waals surface area contributed by atoms with Gasteiger partial charge in [-0.15, -0.1) is 0 Å². The highest BCUT2D eigenvalue weighted by atomic mass is 15.0. The fraction of sp³-hybridized carbons (Fsp3) is 0.417. The lowest BCUT2D eigenvalue weighted by atomic mass is 9.85. The topological polar surface area (TPSA) is 17.3 Å².